The Kier molecular flexibility index (Phi) is 7.14. The summed E-state index contributed by atoms with van der Waals surface area (Å²) < 4.78 is 20.0. The van der Waals surface area contributed by atoms with Crippen LogP contribution in [-0.4, -0.2) is 44.7 Å². The summed E-state index contributed by atoms with van der Waals surface area (Å²) >= 11 is 6.18. The zero-order valence-electron chi connectivity index (χ0n) is 17.7. The van der Waals surface area contributed by atoms with E-state index in [1.807, 2.05) is 0 Å². The fourth-order valence-corrected chi connectivity index (χ4v) is 4.10. The minimum atomic E-state index is -2.94. The molecule has 1 heterocycles. The van der Waals surface area contributed by atoms with Crippen molar-refractivity contribution in [1.29, 1.82) is 4.78 Å². The lowest BCUT2D eigenvalue weighted by Gasteiger charge is -2.10. The molecule has 12 heteroatoms. The molecule has 1 unspecified atom stereocenters. The molecule has 5 N–H and O–H groups in total. The van der Waals surface area contributed by atoms with Gasteiger partial charge in [-0.15, -0.1) is 0 Å². The molecule has 0 radical (unpaired) electrons. The lowest BCUT2D eigenvalue weighted by molar-refractivity contribution is 0.0943. The van der Waals surface area contributed by atoms with E-state index in [0.717, 1.165) is 0 Å². The SMILES string of the molecule is CCS(=N)(=O)c1ccc(C(=O)Nc2ccc(NC(=O)c3nc[nH]c3C(=O)NC)cc2)c(Cl)c1. The maximum Gasteiger partial charge on any atom is 0.276 e. The first-order chi connectivity index (χ1) is 15.7. The lowest BCUT2D eigenvalue weighted by Crippen LogP contribution is -2.23. The molecular formula is C21H21ClN6O4S. The van der Waals surface area contributed by atoms with Crippen molar-refractivity contribution in [3.63, 3.8) is 0 Å². The standard InChI is InChI=1S/C21H21ClN6O4S/c1-3-33(23,32)14-8-9-15(16(22)10-14)19(29)27-12-4-6-13(7-5-12)28-21(31)18-17(20(30)24-2)25-11-26-18/h4-11,23H,3H2,1-2H3,(H,24,30)(H,25,26)(H,27,29)(H,28,31). The molecule has 172 valence electrons. The third-order valence-corrected chi connectivity index (χ3v) is 6.82. The average molecular weight is 489 g/mol. The largest absolute Gasteiger partial charge is 0.354 e. The summed E-state index contributed by atoms with van der Waals surface area (Å²) in [6.07, 6.45) is 1.25. The van der Waals surface area contributed by atoms with Gasteiger partial charge in [0.2, 0.25) is 0 Å². The molecule has 1 atom stereocenters. The molecule has 0 fully saturated rings. The Morgan fingerprint density at radius 2 is 1.64 bits per heavy atom. The Morgan fingerprint density at radius 1 is 1.03 bits per heavy atom. The number of hydrogen-bond acceptors (Lipinski definition) is 6. The number of aromatic nitrogens is 2. The molecule has 0 aliphatic heterocycles. The maximum absolute atomic E-state index is 12.6. The number of carbonyl (C=O) groups is 3. The molecule has 0 saturated carbocycles. The molecule has 2 aromatic carbocycles. The Balaban J connectivity index is 1.69. The van der Waals surface area contributed by atoms with E-state index in [-0.39, 0.29) is 32.6 Å². The predicted molar refractivity (Wildman–Crippen MR) is 125 cm³/mol. The van der Waals surface area contributed by atoms with Gasteiger partial charge in [0, 0.05) is 29.1 Å². The molecule has 0 aliphatic rings. The summed E-state index contributed by atoms with van der Waals surface area (Å²) in [7, 11) is -1.50. The van der Waals surface area contributed by atoms with Gasteiger partial charge in [-0.1, -0.05) is 18.5 Å². The zero-order valence-corrected chi connectivity index (χ0v) is 19.3. The summed E-state index contributed by atoms with van der Waals surface area (Å²) in [6.45, 7) is 1.64. The van der Waals surface area contributed by atoms with Crippen LogP contribution in [0.15, 0.2) is 53.7 Å². The molecule has 10 nitrogen and oxygen atoms in total. The Morgan fingerprint density at radius 3 is 2.18 bits per heavy atom. The van der Waals surface area contributed by atoms with E-state index in [4.69, 9.17) is 16.4 Å². The molecule has 3 rings (SSSR count). The van der Waals surface area contributed by atoms with Crippen LogP contribution in [0.5, 0.6) is 0 Å². The van der Waals surface area contributed by atoms with Crippen molar-refractivity contribution < 1.29 is 18.6 Å². The molecular weight excluding hydrogens is 468 g/mol. The van der Waals surface area contributed by atoms with Crippen molar-refractivity contribution in [3.05, 3.63) is 70.8 Å². The summed E-state index contributed by atoms with van der Waals surface area (Å²) in [5, 5.41) is 7.83. The minimum Gasteiger partial charge on any atom is -0.354 e. The second kappa shape index (κ2) is 9.84. The van der Waals surface area contributed by atoms with E-state index in [1.165, 1.54) is 31.6 Å². The van der Waals surface area contributed by atoms with Crippen LogP contribution in [0.2, 0.25) is 5.02 Å². The van der Waals surface area contributed by atoms with Gasteiger partial charge < -0.3 is 20.9 Å². The highest BCUT2D eigenvalue weighted by Gasteiger charge is 2.20. The highest BCUT2D eigenvalue weighted by Crippen LogP contribution is 2.23. The molecule has 1 aromatic heterocycles. The second-order valence-electron chi connectivity index (χ2n) is 6.80. The van der Waals surface area contributed by atoms with E-state index in [0.29, 0.717) is 11.4 Å². The molecule has 33 heavy (non-hydrogen) atoms. The first-order valence-electron chi connectivity index (χ1n) is 9.70. The van der Waals surface area contributed by atoms with Crippen LogP contribution in [0.4, 0.5) is 11.4 Å². The van der Waals surface area contributed by atoms with Gasteiger partial charge in [-0.05, 0) is 42.5 Å². The van der Waals surface area contributed by atoms with Crippen molar-refractivity contribution in [3.8, 4) is 0 Å². The smallest absolute Gasteiger partial charge is 0.276 e. The van der Waals surface area contributed by atoms with E-state index >= 15 is 0 Å². The summed E-state index contributed by atoms with van der Waals surface area (Å²) in [5.74, 6) is -1.38. The number of imidazole rings is 1. The van der Waals surface area contributed by atoms with E-state index < -0.39 is 27.5 Å². The van der Waals surface area contributed by atoms with Crippen molar-refractivity contribution in [2.45, 2.75) is 11.8 Å². The maximum atomic E-state index is 12.6. The van der Waals surface area contributed by atoms with Crippen LogP contribution in [-0.2, 0) is 9.73 Å². The van der Waals surface area contributed by atoms with Gasteiger partial charge in [0.15, 0.2) is 5.69 Å². The van der Waals surface area contributed by atoms with Crippen LogP contribution in [0.1, 0.15) is 38.3 Å². The fourth-order valence-electron chi connectivity index (χ4n) is 2.84. The first kappa shape index (κ1) is 24.0. The van der Waals surface area contributed by atoms with Crippen molar-refractivity contribution in [1.82, 2.24) is 15.3 Å². The quantitative estimate of drug-likeness (QED) is 0.344. The third-order valence-electron chi connectivity index (χ3n) is 4.68. The Hall–Kier alpha value is -3.70. The number of nitrogens with one attached hydrogen (secondary N) is 5. The van der Waals surface area contributed by atoms with Crippen molar-refractivity contribution in [2.75, 3.05) is 23.4 Å². The third kappa shape index (κ3) is 5.38. The fraction of sp³-hybridized carbons (Fsp3) is 0.143. The second-order valence-corrected chi connectivity index (χ2v) is 9.60. The van der Waals surface area contributed by atoms with Crippen LogP contribution in [0.25, 0.3) is 0 Å². The molecule has 3 aromatic rings. The van der Waals surface area contributed by atoms with Gasteiger partial charge in [0.05, 0.1) is 26.6 Å². The number of benzene rings is 2. The van der Waals surface area contributed by atoms with Crippen LogP contribution >= 0.6 is 11.6 Å². The number of rotatable bonds is 7. The summed E-state index contributed by atoms with van der Waals surface area (Å²) in [5.41, 5.74) is 1.04. The number of anilines is 2. The highest BCUT2D eigenvalue weighted by atomic mass is 35.5. The molecule has 0 aliphatic carbocycles. The van der Waals surface area contributed by atoms with Gasteiger partial charge in [0.25, 0.3) is 17.7 Å². The zero-order chi connectivity index (χ0) is 24.2. The minimum absolute atomic E-state index is 0.0435. The lowest BCUT2D eigenvalue weighted by atomic mass is 10.2. The number of H-pyrrole nitrogens is 1. The topological polar surface area (TPSA) is 157 Å². The van der Waals surface area contributed by atoms with E-state index in [1.54, 1.807) is 31.2 Å². The van der Waals surface area contributed by atoms with Crippen molar-refractivity contribution in [2.24, 2.45) is 0 Å². The van der Waals surface area contributed by atoms with Gasteiger partial charge in [-0.25, -0.2) is 14.0 Å². The van der Waals surface area contributed by atoms with Crippen LogP contribution in [0, 0.1) is 4.78 Å². The van der Waals surface area contributed by atoms with Gasteiger partial charge in [0.1, 0.15) is 5.69 Å². The van der Waals surface area contributed by atoms with Crippen molar-refractivity contribution >= 4 is 50.4 Å². The number of hydrogen-bond donors (Lipinski definition) is 5. The molecule has 0 bridgehead atoms. The van der Waals surface area contributed by atoms with Gasteiger partial charge in [-0.3, -0.25) is 14.4 Å². The summed E-state index contributed by atoms with van der Waals surface area (Å²) in [6, 6.07) is 10.6. The number of halogens is 1. The number of carbonyl (C=O) groups excluding carboxylic acids is 3. The molecule has 3 amide bonds. The Bertz CT molecular complexity index is 1320. The average Bonchev–Trinajstić information content (AvgIpc) is 3.30. The first-order valence-corrected chi connectivity index (χ1v) is 11.8. The highest BCUT2D eigenvalue weighted by molar-refractivity contribution is 7.92. The number of amides is 3. The van der Waals surface area contributed by atoms with Crippen LogP contribution in [0.3, 0.4) is 0 Å². The predicted octanol–water partition coefficient (Wildman–Crippen LogP) is 3.35. The van der Waals surface area contributed by atoms with E-state index in [2.05, 4.69) is 25.9 Å². The van der Waals surface area contributed by atoms with Gasteiger partial charge in [-0.2, -0.15) is 0 Å². The normalized spacial score (nSPS) is 12.5. The molecule has 0 spiro atoms. The summed E-state index contributed by atoms with van der Waals surface area (Å²) in [4.78, 5) is 43.6. The van der Waals surface area contributed by atoms with Crippen LogP contribution < -0.4 is 16.0 Å². The number of aromatic amines is 1. The van der Waals surface area contributed by atoms with Gasteiger partial charge >= 0.3 is 0 Å². The van der Waals surface area contributed by atoms with E-state index in [9.17, 15) is 18.6 Å². The monoisotopic (exact) mass is 488 g/mol. The Labute approximate surface area is 195 Å². The molecule has 0 saturated heterocycles. The number of nitrogens with zero attached hydrogens (tertiary/aromatic N) is 1.